The summed E-state index contributed by atoms with van der Waals surface area (Å²) in [6.07, 6.45) is 0. The van der Waals surface area contributed by atoms with Crippen molar-refractivity contribution in [3.8, 4) is 0 Å². The van der Waals surface area contributed by atoms with Crippen LogP contribution >= 0.6 is 0 Å². The average Bonchev–Trinajstić information content (AvgIpc) is 2.43. The minimum atomic E-state index is -1.92. The van der Waals surface area contributed by atoms with Gasteiger partial charge >= 0.3 is 118 Å². The van der Waals surface area contributed by atoms with Gasteiger partial charge in [0.25, 0.3) is 0 Å². The van der Waals surface area contributed by atoms with Crippen LogP contribution in [0, 0.1) is 0 Å². The van der Waals surface area contributed by atoms with Crippen molar-refractivity contribution in [1.29, 1.82) is 0 Å². The molecule has 0 amide bonds. The number of fused-ring (bicyclic) bond motifs is 1. The molecule has 0 saturated heterocycles. The molecule has 0 saturated carbocycles. The second-order valence-electron chi connectivity index (χ2n) is 4.26. The molecule has 0 atom stereocenters. The fraction of sp³-hybridized carbons (Fsp3) is 0. The normalized spacial score (nSPS) is 8.77. The smallest absolute Gasteiger partial charge is 0.545 e. The summed E-state index contributed by atoms with van der Waals surface area (Å²) in [6, 6.07) is 3.27. The van der Waals surface area contributed by atoms with E-state index in [-0.39, 0.29) is 129 Å². The molecule has 2 rings (SSSR count). The Morgan fingerprint density at radius 3 is 1.46 bits per heavy atom. The molecule has 2 aromatic carbocycles. The summed E-state index contributed by atoms with van der Waals surface area (Å²) in [6.45, 7) is 0. The van der Waals surface area contributed by atoms with Crippen molar-refractivity contribution in [1.82, 2.24) is 0 Å². The van der Waals surface area contributed by atoms with E-state index in [0.29, 0.717) is 6.07 Å². The molecular formula is C14H4Na4O8. The molecule has 8 nitrogen and oxygen atoms in total. The molecule has 0 aromatic heterocycles. The van der Waals surface area contributed by atoms with E-state index in [0.717, 1.165) is 18.2 Å². The van der Waals surface area contributed by atoms with E-state index in [1.807, 2.05) is 0 Å². The maximum absolute atomic E-state index is 11.1. The van der Waals surface area contributed by atoms with Gasteiger partial charge in [0.15, 0.2) is 0 Å². The summed E-state index contributed by atoms with van der Waals surface area (Å²) in [5.41, 5.74) is -2.83. The predicted molar refractivity (Wildman–Crippen MR) is 61.3 cm³/mol. The number of hydrogen-bond acceptors (Lipinski definition) is 8. The Kier molecular flexibility index (Phi) is 15.5. The Labute approximate surface area is 235 Å². The summed E-state index contributed by atoms with van der Waals surface area (Å²) in [5.74, 6) is -7.24. The van der Waals surface area contributed by atoms with Gasteiger partial charge in [0, 0.05) is 16.7 Å². The summed E-state index contributed by atoms with van der Waals surface area (Å²) in [5, 5.41) is 43.4. The van der Waals surface area contributed by atoms with Crippen molar-refractivity contribution in [3.63, 3.8) is 0 Å². The zero-order valence-electron chi connectivity index (χ0n) is 14.6. The van der Waals surface area contributed by atoms with Crippen LogP contribution in [0.2, 0.25) is 0 Å². The molecule has 0 unspecified atom stereocenters. The summed E-state index contributed by atoms with van der Waals surface area (Å²) in [4.78, 5) is 44.1. The van der Waals surface area contributed by atoms with Gasteiger partial charge < -0.3 is 39.6 Å². The molecule has 0 fully saturated rings. The maximum Gasteiger partial charge on any atom is 1.00 e. The molecule has 0 aliphatic rings. The van der Waals surface area contributed by atoms with E-state index >= 15 is 0 Å². The molecule has 0 spiro atoms. The first kappa shape index (κ1) is 31.3. The number of rotatable bonds is 4. The minimum absolute atomic E-state index is 0. The van der Waals surface area contributed by atoms with Crippen molar-refractivity contribution in [2.24, 2.45) is 0 Å². The molecule has 0 radical (unpaired) electrons. The largest absolute Gasteiger partial charge is 1.00 e. The zero-order valence-corrected chi connectivity index (χ0v) is 22.6. The molecule has 2 aromatic rings. The fourth-order valence-corrected chi connectivity index (χ4v) is 2.10. The maximum atomic E-state index is 11.1. The second kappa shape index (κ2) is 12.9. The molecule has 0 bridgehead atoms. The number of carboxylic acid groups (broad SMARTS) is 4. The number of carboxylic acids is 4. The van der Waals surface area contributed by atoms with E-state index in [1.54, 1.807) is 0 Å². The molecule has 0 heterocycles. The van der Waals surface area contributed by atoms with Crippen LogP contribution in [0.25, 0.3) is 10.8 Å². The van der Waals surface area contributed by atoms with Crippen LogP contribution in [0.4, 0.5) is 0 Å². The van der Waals surface area contributed by atoms with Crippen molar-refractivity contribution < 1.29 is 158 Å². The Morgan fingerprint density at radius 1 is 0.577 bits per heavy atom. The Hall–Kier alpha value is 0.580. The molecule has 0 N–H and O–H groups in total. The standard InChI is InChI=1S/C14H8O8.4Na/c15-11(16)5-1-2-6-7(3-5)8(12(17)18)4-9(13(19)20)10(6)14(21)22;;;;/h1-4H,(H,15,16)(H,17,18)(H,19,20)(H,21,22);;;;/q;4*+1/p-4. The van der Waals surface area contributed by atoms with Gasteiger partial charge in [0.2, 0.25) is 0 Å². The number of carbonyl (C=O) groups excluding carboxylic acids is 4. The van der Waals surface area contributed by atoms with Crippen LogP contribution in [0.15, 0.2) is 24.3 Å². The van der Waals surface area contributed by atoms with Gasteiger partial charge in [-0.1, -0.05) is 12.1 Å². The van der Waals surface area contributed by atoms with Crippen LogP contribution in [-0.2, 0) is 0 Å². The van der Waals surface area contributed by atoms with Crippen LogP contribution in [-0.4, -0.2) is 23.9 Å². The van der Waals surface area contributed by atoms with E-state index in [1.165, 1.54) is 0 Å². The molecule has 12 heteroatoms. The SMILES string of the molecule is O=C([O-])c1ccc2c(C(=O)[O-])c(C(=O)[O-])cc(C(=O)[O-])c2c1.[Na+].[Na+].[Na+].[Na+]. The van der Waals surface area contributed by atoms with E-state index in [4.69, 9.17) is 0 Å². The van der Waals surface area contributed by atoms with Gasteiger partial charge in [0.1, 0.15) is 0 Å². The number of benzene rings is 2. The van der Waals surface area contributed by atoms with Crippen LogP contribution in [0.5, 0.6) is 0 Å². The fourth-order valence-electron chi connectivity index (χ4n) is 2.10. The third-order valence-electron chi connectivity index (χ3n) is 3.02. The van der Waals surface area contributed by atoms with Gasteiger partial charge in [-0.2, -0.15) is 0 Å². The summed E-state index contributed by atoms with van der Waals surface area (Å²) >= 11 is 0. The first-order valence-corrected chi connectivity index (χ1v) is 5.70. The van der Waals surface area contributed by atoms with Crippen molar-refractivity contribution in [2.75, 3.05) is 0 Å². The van der Waals surface area contributed by atoms with Gasteiger partial charge in [-0.15, -0.1) is 0 Å². The predicted octanol–water partition coefficient (Wildman–Crippen LogP) is -15.7. The Bertz CT molecular complexity index is 866. The monoisotopic (exact) mass is 392 g/mol. The third-order valence-corrected chi connectivity index (χ3v) is 3.02. The zero-order chi connectivity index (χ0) is 16.6. The van der Waals surface area contributed by atoms with Crippen LogP contribution < -0.4 is 139 Å². The second-order valence-corrected chi connectivity index (χ2v) is 4.26. The van der Waals surface area contributed by atoms with E-state index < -0.39 is 46.1 Å². The van der Waals surface area contributed by atoms with Crippen molar-refractivity contribution >= 4 is 34.6 Å². The van der Waals surface area contributed by atoms with Gasteiger partial charge in [-0.25, -0.2) is 0 Å². The number of aromatic carboxylic acids is 4. The van der Waals surface area contributed by atoms with E-state index in [9.17, 15) is 39.6 Å². The number of hydrogen-bond donors (Lipinski definition) is 0. The van der Waals surface area contributed by atoms with E-state index in [2.05, 4.69) is 0 Å². The first-order valence-electron chi connectivity index (χ1n) is 5.70. The number of carbonyl (C=O) groups is 4. The van der Waals surface area contributed by atoms with Crippen LogP contribution in [0.3, 0.4) is 0 Å². The Morgan fingerprint density at radius 2 is 1.08 bits per heavy atom. The molecule has 0 aliphatic heterocycles. The van der Waals surface area contributed by atoms with Crippen LogP contribution in [0.1, 0.15) is 41.4 Å². The quantitative estimate of drug-likeness (QED) is 0.464. The summed E-state index contributed by atoms with van der Waals surface area (Å²) < 4.78 is 0. The molecule has 0 aliphatic carbocycles. The van der Waals surface area contributed by atoms with Gasteiger partial charge in [-0.3, -0.25) is 0 Å². The minimum Gasteiger partial charge on any atom is -0.545 e. The van der Waals surface area contributed by atoms with Crippen molar-refractivity contribution in [2.45, 2.75) is 0 Å². The topological polar surface area (TPSA) is 161 Å². The average molecular weight is 392 g/mol. The van der Waals surface area contributed by atoms with Gasteiger partial charge in [0.05, 0.1) is 23.9 Å². The Balaban J connectivity index is -0.00000132. The third kappa shape index (κ3) is 6.58. The molecule has 26 heavy (non-hydrogen) atoms. The summed E-state index contributed by atoms with van der Waals surface area (Å²) in [7, 11) is 0. The molecular weight excluding hydrogens is 388 g/mol. The van der Waals surface area contributed by atoms with Crippen molar-refractivity contribution in [3.05, 3.63) is 46.5 Å². The molecule has 112 valence electrons. The first-order chi connectivity index (χ1) is 10.2. The van der Waals surface area contributed by atoms with Gasteiger partial charge in [-0.05, 0) is 28.5 Å².